The molecule has 1 aliphatic rings. The lowest BCUT2D eigenvalue weighted by atomic mass is 10.0. The zero-order valence-corrected chi connectivity index (χ0v) is 11.4. The van der Waals surface area contributed by atoms with Crippen molar-refractivity contribution >= 4 is 10.0 Å². The Balaban J connectivity index is 2.00. The Bertz CT molecular complexity index is 495. The Labute approximate surface area is 109 Å². The van der Waals surface area contributed by atoms with Gasteiger partial charge in [-0.25, -0.2) is 13.1 Å². The first-order valence-corrected chi connectivity index (χ1v) is 7.88. The lowest BCUT2D eigenvalue weighted by Gasteiger charge is -2.18. The Kier molecular flexibility index (Phi) is 3.75. The van der Waals surface area contributed by atoms with Gasteiger partial charge in [-0.1, -0.05) is 37.3 Å². The lowest BCUT2D eigenvalue weighted by molar-refractivity contribution is 0.541. The van der Waals surface area contributed by atoms with Crippen LogP contribution in [0.5, 0.6) is 0 Å². The van der Waals surface area contributed by atoms with E-state index < -0.39 is 10.0 Å². The minimum absolute atomic E-state index is 0.0164. The highest BCUT2D eigenvalue weighted by atomic mass is 32.2. The van der Waals surface area contributed by atoms with E-state index in [0.29, 0.717) is 6.54 Å². The van der Waals surface area contributed by atoms with Gasteiger partial charge in [0.25, 0.3) is 0 Å². The topological polar surface area (TPSA) is 72.2 Å². The van der Waals surface area contributed by atoms with Crippen molar-refractivity contribution in [1.29, 1.82) is 0 Å². The molecular weight excluding hydrogens is 248 g/mol. The average Bonchev–Trinajstić information content (AvgIpc) is 3.09. The number of hydrogen-bond donors (Lipinski definition) is 2. The molecule has 100 valence electrons. The summed E-state index contributed by atoms with van der Waals surface area (Å²) in [6.07, 6.45) is 1.70. The van der Waals surface area contributed by atoms with Gasteiger partial charge in [-0.3, -0.25) is 0 Å². The van der Waals surface area contributed by atoms with Crippen molar-refractivity contribution < 1.29 is 8.42 Å². The third kappa shape index (κ3) is 3.31. The lowest BCUT2D eigenvalue weighted by Crippen LogP contribution is -2.43. The van der Waals surface area contributed by atoms with Crippen molar-refractivity contribution in [3.8, 4) is 0 Å². The number of nitrogens with one attached hydrogen (secondary N) is 1. The molecule has 0 aliphatic heterocycles. The van der Waals surface area contributed by atoms with Crippen LogP contribution in [0.25, 0.3) is 0 Å². The first-order valence-electron chi connectivity index (χ1n) is 6.23. The van der Waals surface area contributed by atoms with Gasteiger partial charge < -0.3 is 5.73 Å². The second-order valence-corrected chi connectivity index (χ2v) is 6.95. The molecule has 1 atom stereocenters. The second kappa shape index (κ2) is 4.99. The molecule has 0 radical (unpaired) electrons. The average molecular weight is 268 g/mol. The van der Waals surface area contributed by atoms with Gasteiger partial charge in [0.15, 0.2) is 0 Å². The minimum Gasteiger partial charge on any atom is -0.329 e. The first kappa shape index (κ1) is 13.5. The molecule has 3 N–H and O–H groups in total. The molecule has 2 rings (SSSR count). The highest BCUT2D eigenvalue weighted by molar-refractivity contribution is 7.89. The third-order valence-corrected chi connectivity index (χ3v) is 5.14. The van der Waals surface area contributed by atoms with Crippen LogP contribution in [0.3, 0.4) is 0 Å². The summed E-state index contributed by atoms with van der Waals surface area (Å²) in [5.74, 6) is 0.0935. The molecule has 1 fully saturated rings. The maximum Gasteiger partial charge on any atom is 0.212 e. The Hall–Kier alpha value is -0.910. The summed E-state index contributed by atoms with van der Waals surface area (Å²) >= 11 is 0. The largest absolute Gasteiger partial charge is 0.329 e. The van der Waals surface area contributed by atoms with Crippen molar-refractivity contribution in [1.82, 2.24) is 4.72 Å². The molecule has 18 heavy (non-hydrogen) atoms. The number of benzene rings is 1. The predicted octanol–water partition coefficient (Wildman–Crippen LogP) is 1.20. The summed E-state index contributed by atoms with van der Waals surface area (Å²) in [5.41, 5.74) is 6.28. The summed E-state index contributed by atoms with van der Waals surface area (Å²) in [7, 11) is -3.27. The fourth-order valence-electron chi connectivity index (χ4n) is 2.08. The standard InChI is InChI=1S/C13H20N2O2S/c1-11(12-5-3-2-4-6-12)9-18(16,17)15-13(10-14)7-8-13/h2-6,11,15H,7-10,14H2,1H3. The van der Waals surface area contributed by atoms with Crippen LogP contribution in [0.2, 0.25) is 0 Å². The summed E-state index contributed by atoms with van der Waals surface area (Å²) in [6.45, 7) is 2.31. The van der Waals surface area contributed by atoms with E-state index in [2.05, 4.69) is 4.72 Å². The van der Waals surface area contributed by atoms with Crippen molar-refractivity contribution in [2.75, 3.05) is 12.3 Å². The van der Waals surface area contributed by atoms with E-state index in [0.717, 1.165) is 18.4 Å². The molecule has 1 aliphatic carbocycles. The number of nitrogens with two attached hydrogens (primary N) is 1. The van der Waals surface area contributed by atoms with Crippen molar-refractivity contribution in [3.63, 3.8) is 0 Å². The zero-order valence-electron chi connectivity index (χ0n) is 10.6. The van der Waals surface area contributed by atoms with Crippen molar-refractivity contribution in [2.24, 2.45) is 5.73 Å². The smallest absolute Gasteiger partial charge is 0.212 e. The van der Waals surface area contributed by atoms with Crippen LogP contribution in [-0.2, 0) is 10.0 Å². The molecule has 0 bridgehead atoms. The highest BCUT2D eigenvalue weighted by Crippen LogP contribution is 2.35. The molecule has 4 nitrogen and oxygen atoms in total. The molecule has 1 aromatic carbocycles. The van der Waals surface area contributed by atoms with Crippen molar-refractivity contribution in [3.05, 3.63) is 35.9 Å². The molecule has 0 spiro atoms. The predicted molar refractivity (Wildman–Crippen MR) is 72.8 cm³/mol. The fourth-order valence-corrected chi connectivity index (χ4v) is 3.96. The fraction of sp³-hybridized carbons (Fsp3) is 0.538. The SMILES string of the molecule is CC(CS(=O)(=O)NC1(CN)CC1)c1ccccc1. The van der Waals surface area contributed by atoms with E-state index in [9.17, 15) is 8.42 Å². The van der Waals surface area contributed by atoms with E-state index in [1.54, 1.807) is 0 Å². The van der Waals surface area contributed by atoms with Crippen LogP contribution in [0.4, 0.5) is 0 Å². The van der Waals surface area contributed by atoms with E-state index >= 15 is 0 Å². The minimum atomic E-state index is -3.27. The zero-order chi connectivity index (χ0) is 13.2. The molecule has 5 heteroatoms. The van der Waals surface area contributed by atoms with E-state index in [1.165, 1.54) is 0 Å². The van der Waals surface area contributed by atoms with Gasteiger partial charge in [0.1, 0.15) is 0 Å². The van der Waals surface area contributed by atoms with Gasteiger partial charge in [-0.2, -0.15) is 0 Å². The van der Waals surface area contributed by atoms with Gasteiger partial charge in [0.2, 0.25) is 10.0 Å². The van der Waals surface area contributed by atoms with Crippen LogP contribution in [0, 0.1) is 0 Å². The maximum absolute atomic E-state index is 12.1. The number of sulfonamides is 1. The first-order chi connectivity index (χ1) is 8.46. The Morgan fingerprint density at radius 2 is 1.94 bits per heavy atom. The van der Waals surface area contributed by atoms with Crippen molar-refractivity contribution in [2.45, 2.75) is 31.2 Å². The molecule has 0 amide bonds. The van der Waals surface area contributed by atoms with Gasteiger partial charge in [0, 0.05) is 12.1 Å². The Morgan fingerprint density at radius 3 is 2.44 bits per heavy atom. The van der Waals surface area contributed by atoms with Gasteiger partial charge in [-0.15, -0.1) is 0 Å². The van der Waals surface area contributed by atoms with Gasteiger partial charge >= 0.3 is 0 Å². The van der Waals surface area contributed by atoms with E-state index in [1.807, 2.05) is 37.3 Å². The molecule has 0 aromatic heterocycles. The molecular formula is C13H20N2O2S. The number of hydrogen-bond acceptors (Lipinski definition) is 3. The van der Waals surface area contributed by atoms with Crippen LogP contribution < -0.4 is 10.5 Å². The van der Waals surface area contributed by atoms with Gasteiger partial charge in [0.05, 0.1) is 5.75 Å². The summed E-state index contributed by atoms with van der Waals surface area (Å²) in [6, 6.07) is 9.69. The van der Waals surface area contributed by atoms with Crippen LogP contribution >= 0.6 is 0 Å². The van der Waals surface area contributed by atoms with Crippen LogP contribution in [-0.4, -0.2) is 26.3 Å². The molecule has 1 unspecified atom stereocenters. The summed E-state index contributed by atoms with van der Waals surface area (Å²) in [5, 5.41) is 0. The quantitative estimate of drug-likeness (QED) is 0.814. The third-order valence-electron chi connectivity index (χ3n) is 3.45. The normalized spacial score (nSPS) is 19.4. The molecule has 0 saturated heterocycles. The second-order valence-electron chi connectivity index (χ2n) is 5.18. The van der Waals surface area contributed by atoms with Crippen LogP contribution in [0.15, 0.2) is 30.3 Å². The van der Waals surface area contributed by atoms with E-state index in [4.69, 9.17) is 5.73 Å². The molecule has 1 aromatic rings. The monoisotopic (exact) mass is 268 g/mol. The summed E-state index contributed by atoms with van der Waals surface area (Å²) < 4.78 is 26.9. The highest BCUT2D eigenvalue weighted by Gasteiger charge is 2.44. The van der Waals surface area contributed by atoms with Crippen LogP contribution in [0.1, 0.15) is 31.2 Å². The molecule has 1 saturated carbocycles. The molecule has 0 heterocycles. The summed E-state index contributed by atoms with van der Waals surface area (Å²) in [4.78, 5) is 0. The number of rotatable bonds is 6. The maximum atomic E-state index is 12.1. The van der Waals surface area contributed by atoms with E-state index in [-0.39, 0.29) is 17.2 Å². The Morgan fingerprint density at radius 1 is 1.33 bits per heavy atom. The van der Waals surface area contributed by atoms with Gasteiger partial charge in [-0.05, 0) is 24.3 Å².